The number of hydrogen-bond donors (Lipinski definition) is 0. The van der Waals surface area contributed by atoms with E-state index in [4.69, 9.17) is 0 Å². The fourth-order valence-corrected chi connectivity index (χ4v) is 4.18. The SMILES string of the molecule is O=C(Cc1nccs1)c1cc2c(s1)CCCCC2. The van der Waals surface area contributed by atoms with Gasteiger partial charge in [-0.15, -0.1) is 22.7 Å². The maximum absolute atomic E-state index is 12.2. The van der Waals surface area contributed by atoms with Crippen LogP contribution in [-0.4, -0.2) is 10.8 Å². The molecule has 2 heterocycles. The molecule has 0 spiro atoms. The van der Waals surface area contributed by atoms with Gasteiger partial charge in [0.1, 0.15) is 5.01 Å². The normalized spacial score (nSPS) is 15.1. The standard InChI is InChI=1S/C14H15NOS2/c16-11(9-14-15-6-7-17-14)13-8-10-4-2-1-3-5-12(10)18-13/h6-8H,1-5,9H2. The lowest BCUT2D eigenvalue weighted by Crippen LogP contribution is -2.00. The Bertz CT molecular complexity index is 519. The molecule has 2 aromatic heterocycles. The van der Waals surface area contributed by atoms with E-state index in [0.29, 0.717) is 6.42 Å². The minimum absolute atomic E-state index is 0.225. The van der Waals surface area contributed by atoms with Crippen molar-refractivity contribution in [3.8, 4) is 0 Å². The molecule has 2 nitrogen and oxygen atoms in total. The first-order chi connectivity index (χ1) is 8.83. The molecule has 1 aliphatic carbocycles. The molecule has 18 heavy (non-hydrogen) atoms. The minimum atomic E-state index is 0.225. The van der Waals surface area contributed by atoms with Crippen LogP contribution >= 0.6 is 22.7 Å². The topological polar surface area (TPSA) is 30.0 Å². The van der Waals surface area contributed by atoms with Crippen molar-refractivity contribution in [2.24, 2.45) is 0 Å². The Morgan fingerprint density at radius 1 is 1.28 bits per heavy atom. The van der Waals surface area contributed by atoms with Crippen LogP contribution in [0.5, 0.6) is 0 Å². The first kappa shape index (κ1) is 12.1. The van der Waals surface area contributed by atoms with Gasteiger partial charge in [-0.2, -0.15) is 0 Å². The van der Waals surface area contributed by atoms with Gasteiger partial charge in [0.25, 0.3) is 0 Å². The number of Topliss-reactive ketones (excluding diaryl/α,β-unsaturated/α-hetero) is 1. The maximum Gasteiger partial charge on any atom is 0.179 e. The van der Waals surface area contributed by atoms with Crippen LogP contribution in [0.25, 0.3) is 0 Å². The molecule has 0 fully saturated rings. The number of carbonyl (C=O) groups excluding carboxylic acids is 1. The van der Waals surface area contributed by atoms with Crippen LogP contribution in [0.2, 0.25) is 0 Å². The average molecular weight is 277 g/mol. The number of hydrogen-bond acceptors (Lipinski definition) is 4. The van der Waals surface area contributed by atoms with Crippen LogP contribution in [0.4, 0.5) is 0 Å². The van der Waals surface area contributed by atoms with Crippen molar-refractivity contribution in [1.29, 1.82) is 0 Å². The molecule has 3 rings (SSSR count). The fraction of sp³-hybridized carbons (Fsp3) is 0.429. The number of aryl methyl sites for hydroxylation is 2. The first-order valence-corrected chi connectivity index (χ1v) is 8.06. The summed E-state index contributed by atoms with van der Waals surface area (Å²) in [6, 6.07) is 2.13. The van der Waals surface area contributed by atoms with Crippen LogP contribution in [-0.2, 0) is 19.3 Å². The number of fused-ring (bicyclic) bond motifs is 1. The number of thiazole rings is 1. The highest BCUT2D eigenvalue weighted by Gasteiger charge is 2.17. The molecule has 2 aromatic rings. The second-order valence-electron chi connectivity index (χ2n) is 4.65. The van der Waals surface area contributed by atoms with Crippen molar-refractivity contribution in [2.75, 3.05) is 0 Å². The predicted octanol–water partition coefficient (Wildman–Crippen LogP) is 3.90. The lowest BCUT2D eigenvalue weighted by Gasteiger charge is -1.94. The molecule has 0 amide bonds. The summed E-state index contributed by atoms with van der Waals surface area (Å²) in [7, 11) is 0. The quantitative estimate of drug-likeness (QED) is 0.629. The zero-order chi connectivity index (χ0) is 12.4. The van der Waals surface area contributed by atoms with Crippen molar-refractivity contribution in [3.05, 3.63) is 38.0 Å². The van der Waals surface area contributed by atoms with Crippen LogP contribution in [0.1, 0.15) is 44.4 Å². The molecule has 94 valence electrons. The molecule has 0 radical (unpaired) electrons. The van der Waals surface area contributed by atoms with Crippen molar-refractivity contribution in [2.45, 2.75) is 38.5 Å². The average Bonchev–Trinajstić information content (AvgIpc) is 2.95. The Hall–Kier alpha value is -1.00. The van der Waals surface area contributed by atoms with Gasteiger partial charge in [-0.05, 0) is 37.3 Å². The Balaban J connectivity index is 1.78. The van der Waals surface area contributed by atoms with Gasteiger partial charge in [0, 0.05) is 16.5 Å². The molecular weight excluding hydrogens is 262 g/mol. The van der Waals surface area contributed by atoms with E-state index in [1.807, 2.05) is 5.38 Å². The van der Waals surface area contributed by atoms with Gasteiger partial charge < -0.3 is 0 Å². The highest BCUT2D eigenvalue weighted by Crippen LogP contribution is 2.29. The smallest absolute Gasteiger partial charge is 0.179 e. The monoisotopic (exact) mass is 277 g/mol. The van der Waals surface area contributed by atoms with Gasteiger partial charge in [-0.3, -0.25) is 4.79 Å². The van der Waals surface area contributed by atoms with Gasteiger partial charge in [-0.1, -0.05) is 6.42 Å². The van der Waals surface area contributed by atoms with Crippen LogP contribution in [0.15, 0.2) is 17.6 Å². The zero-order valence-corrected chi connectivity index (χ0v) is 11.8. The summed E-state index contributed by atoms with van der Waals surface area (Å²) >= 11 is 3.26. The highest BCUT2D eigenvalue weighted by atomic mass is 32.1. The summed E-state index contributed by atoms with van der Waals surface area (Å²) in [4.78, 5) is 18.7. The molecule has 0 bridgehead atoms. The summed E-state index contributed by atoms with van der Waals surface area (Å²) in [6.45, 7) is 0. The minimum Gasteiger partial charge on any atom is -0.293 e. The number of ketones is 1. The lowest BCUT2D eigenvalue weighted by atomic mass is 10.1. The van der Waals surface area contributed by atoms with Gasteiger partial charge in [0.2, 0.25) is 0 Å². The van der Waals surface area contributed by atoms with E-state index in [0.717, 1.165) is 22.7 Å². The third kappa shape index (κ3) is 2.54. The first-order valence-electron chi connectivity index (χ1n) is 6.36. The molecule has 0 unspecified atom stereocenters. The van der Waals surface area contributed by atoms with Crippen molar-refractivity contribution in [1.82, 2.24) is 4.98 Å². The molecule has 0 aliphatic heterocycles. The predicted molar refractivity (Wildman–Crippen MR) is 75.7 cm³/mol. The van der Waals surface area contributed by atoms with Gasteiger partial charge >= 0.3 is 0 Å². The molecule has 0 saturated carbocycles. The lowest BCUT2D eigenvalue weighted by molar-refractivity contribution is 0.0996. The largest absolute Gasteiger partial charge is 0.293 e. The number of aromatic nitrogens is 1. The molecular formula is C14H15NOS2. The van der Waals surface area contributed by atoms with Gasteiger partial charge in [0.15, 0.2) is 5.78 Å². The van der Waals surface area contributed by atoms with E-state index in [1.165, 1.54) is 29.7 Å². The van der Waals surface area contributed by atoms with Crippen molar-refractivity contribution in [3.63, 3.8) is 0 Å². The summed E-state index contributed by atoms with van der Waals surface area (Å²) in [5.74, 6) is 0.225. The molecule has 0 N–H and O–H groups in total. The maximum atomic E-state index is 12.2. The fourth-order valence-electron chi connectivity index (χ4n) is 2.37. The summed E-state index contributed by atoms with van der Waals surface area (Å²) in [5.41, 5.74) is 1.42. The molecule has 0 atom stereocenters. The molecule has 0 aromatic carbocycles. The number of carbonyl (C=O) groups is 1. The van der Waals surface area contributed by atoms with Crippen LogP contribution in [0, 0.1) is 0 Å². The Morgan fingerprint density at radius 3 is 3.00 bits per heavy atom. The van der Waals surface area contributed by atoms with Crippen molar-refractivity contribution >= 4 is 28.5 Å². The van der Waals surface area contributed by atoms with E-state index in [1.54, 1.807) is 28.9 Å². The molecule has 0 saturated heterocycles. The Labute approximate surface area is 115 Å². The summed E-state index contributed by atoms with van der Waals surface area (Å²) in [5, 5.41) is 2.84. The molecule has 4 heteroatoms. The van der Waals surface area contributed by atoms with Crippen LogP contribution < -0.4 is 0 Å². The summed E-state index contributed by atoms with van der Waals surface area (Å²) in [6.07, 6.45) is 8.39. The van der Waals surface area contributed by atoms with Crippen LogP contribution in [0.3, 0.4) is 0 Å². The highest BCUT2D eigenvalue weighted by molar-refractivity contribution is 7.14. The van der Waals surface area contributed by atoms with Gasteiger partial charge in [-0.25, -0.2) is 4.98 Å². The number of rotatable bonds is 3. The van der Waals surface area contributed by atoms with Gasteiger partial charge in [0.05, 0.1) is 11.3 Å². The van der Waals surface area contributed by atoms with E-state index in [-0.39, 0.29) is 5.78 Å². The summed E-state index contributed by atoms with van der Waals surface area (Å²) < 4.78 is 0. The third-order valence-electron chi connectivity index (χ3n) is 3.32. The Morgan fingerprint density at radius 2 is 2.17 bits per heavy atom. The third-order valence-corrected chi connectivity index (χ3v) is 5.37. The molecule has 1 aliphatic rings. The van der Waals surface area contributed by atoms with E-state index in [2.05, 4.69) is 11.1 Å². The zero-order valence-electron chi connectivity index (χ0n) is 10.1. The number of thiophene rings is 1. The second kappa shape index (κ2) is 5.33. The second-order valence-corrected chi connectivity index (χ2v) is 6.76. The number of nitrogens with zero attached hydrogens (tertiary/aromatic N) is 1. The Kier molecular flexibility index (Phi) is 3.57. The van der Waals surface area contributed by atoms with E-state index >= 15 is 0 Å². The van der Waals surface area contributed by atoms with Crippen molar-refractivity contribution < 1.29 is 4.79 Å². The van der Waals surface area contributed by atoms with E-state index in [9.17, 15) is 4.79 Å². The van der Waals surface area contributed by atoms with E-state index < -0.39 is 0 Å².